The molecule has 1 aliphatic heterocycles. The van der Waals surface area contributed by atoms with E-state index in [9.17, 15) is 24.6 Å². The van der Waals surface area contributed by atoms with E-state index in [1.165, 1.54) is 29.8 Å². The van der Waals surface area contributed by atoms with Crippen molar-refractivity contribution in [1.82, 2.24) is 14.5 Å². The van der Waals surface area contributed by atoms with E-state index in [1.807, 2.05) is 30.3 Å². The lowest BCUT2D eigenvalue weighted by Gasteiger charge is -2.40. The Morgan fingerprint density at radius 1 is 1.08 bits per heavy atom. The van der Waals surface area contributed by atoms with Crippen LogP contribution in [0, 0.1) is 27.3 Å². The highest BCUT2D eigenvalue weighted by molar-refractivity contribution is 5.94. The monoisotopic (exact) mass is 528 g/mol. The third-order valence-corrected chi connectivity index (χ3v) is 7.10. The zero-order chi connectivity index (χ0) is 27.7. The quantitative estimate of drug-likeness (QED) is 0.274. The van der Waals surface area contributed by atoms with Crippen LogP contribution in [0.15, 0.2) is 65.5 Å². The third-order valence-electron chi connectivity index (χ3n) is 7.10. The zero-order valence-electron chi connectivity index (χ0n) is 21.4. The number of pyridine rings is 2. The van der Waals surface area contributed by atoms with Gasteiger partial charge in [-0.25, -0.2) is 9.37 Å². The Bertz CT molecular complexity index is 1660. The summed E-state index contributed by atoms with van der Waals surface area (Å²) < 4.78 is 20.6. The average Bonchev–Trinajstić information content (AvgIpc) is 2.96. The molecular weight excluding hydrogens is 503 g/mol. The summed E-state index contributed by atoms with van der Waals surface area (Å²) in [5.41, 5.74) is 1.32. The molecule has 198 valence electrons. The number of nitrogens with zero attached hydrogens (tertiary/aromatic N) is 6. The first-order chi connectivity index (χ1) is 18.8. The van der Waals surface area contributed by atoms with Crippen LogP contribution in [0.4, 0.5) is 15.8 Å². The van der Waals surface area contributed by atoms with Gasteiger partial charge in [-0.3, -0.25) is 19.8 Å². The van der Waals surface area contributed by atoms with Gasteiger partial charge in [0, 0.05) is 38.8 Å². The topological polar surface area (TPSA) is 118 Å². The van der Waals surface area contributed by atoms with Gasteiger partial charge in [0.1, 0.15) is 28.8 Å². The van der Waals surface area contributed by atoms with Crippen LogP contribution in [0.25, 0.3) is 11.0 Å². The predicted octanol–water partition coefficient (Wildman–Crippen LogP) is 3.77. The number of para-hydroxylation sites is 1. The summed E-state index contributed by atoms with van der Waals surface area (Å²) in [4.78, 5) is 32.8. The number of aryl methyl sites for hydroxylation is 1. The van der Waals surface area contributed by atoms with Crippen molar-refractivity contribution in [1.29, 1.82) is 5.26 Å². The molecule has 0 radical (unpaired) electrons. The Labute approximate surface area is 223 Å². The number of halogens is 1. The van der Waals surface area contributed by atoms with Gasteiger partial charge in [0.15, 0.2) is 5.69 Å². The van der Waals surface area contributed by atoms with E-state index < -0.39 is 16.2 Å². The molecule has 2 aromatic heterocycles. The van der Waals surface area contributed by atoms with Crippen molar-refractivity contribution in [2.75, 3.05) is 38.2 Å². The number of hydrogen-bond acceptors (Lipinski definition) is 8. The molecule has 0 N–H and O–H groups in total. The Morgan fingerprint density at radius 3 is 2.41 bits per heavy atom. The van der Waals surface area contributed by atoms with Crippen molar-refractivity contribution >= 4 is 22.4 Å². The minimum atomic E-state index is -0.741. The number of nitriles is 1. The van der Waals surface area contributed by atoms with Gasteiger partial charge in [0.25, 0.3) is 0 Å². The standard InChI is InChI=1S/C28H25FN6O4/c1-32-22-12-11-20(17-30)31-24(22)26(27(28(32)36)35(37)38)34-15-13-33(14-16-34)25(18-7-9-19(29)10-8-18)21-5-3-4-6-23(21)39-2/h3-12,25H,13-16H2,1-2H3. The van der Waals surface area contributed by atoms with Crippen molar-refractivity contribution in [2.45, 2.75) is 6.04 Å². The molecule has 1 fully saturated rings. The second-order valence-electron chi connectivity index (χ2n) is 9.21. The maximum atomic E-state index is 13.8. The lowest BCUT2D eigenvalue weighted by Crippen LogP contribution is -2.48. The van der Waals surface area contributed by atoms with Crippen LogP contribution >= 0.6 is 0 Å². The Morgan fingerprint density at radius 2 is 1.77 bits per heavy atom. The molecule has 5 rings (SSSR count). The number of benzene rings is 2. The average molecular weight is 529 g/mol. The van der Waals surface area contributed by atoms with Crippen LogP contribution in [0.1, 0.15) is 22.9 Å². The molecule has 39 heavy (non-hydrogen) atoms. The third kappa shape index (κ3) is 4.66. The Kier molecular flexibility index (Phi) is 6.96. The number of aromatic nitrogens is 2. The normalized spacial score (nSPS) is 14.7. The van der Waals surface area contributed by atoms with Crippen molar-refractivity contribution in [3.05, 3.63) is 104 Å². The van der Waals surface area contributed by atoms with Crippen LogP contribution in [-0.4, -0.2) is 52.7 Å². The van der Waals surface area contributed by atoms with E-state index in [0.29, 0.717) is 37.4 Å². The Balaban J connectivity index is 1.56. The highest BCUT2D eigenvalue weighted by atomic mass is 19.1. The maximum absolute atomic E-state index is 13.8. The molecule has 1 saturated heterocycles. The molecule has 10 nitrogen and oxygen atoms in total. The molecule has 1 atom stereocenters. The molecule has 11 heteroatoms. The fourth-order valence-electron chi connectivity index (χ4n) is 5.23. The number of hydrogen-bond donors (Lipinski definition) is 0. The van der Waals surface area contributed by atoms with Crippen molar-refractivity contribution in [2.24, 2.45) is 7.05 Å². The first-order valence-corrected chi connectivity index (χ1v) is 12.3. The molecule has 0 aliphatic carbocycles. The molecule has 0 amide bonds. The summed E-state index contributed by atoms with van der Waals surface area (Å²) in [7, 11) is 3.05. The summed E-state index contributed by atoms with van der Waals surface area (Å²) in [6.07, 6.45) is 0. The maximum Gasteiger partial charge on any atom is 0.359 e. The Hall–Kier alpha value is -4.82. The lowest BCUT2D eigenvalue weighted by molar-refractivity contribution is -0.385. The number of anilines is 1. The van der Waals surface area contributed by atoms with E-state index in [-0.39, 0.29) is 28.8 Å². The first-order valence-electron chi connectivity index (χ1n) is 12.3. The summed E-state index contributed by atoms with van der Waals surface area (Å²) >= 11 is 0. The number of nitro groups is 1. The van der Waals surface area contributed by atoms with Crippen LogP contribution < -0.4 is 15.2 Å². The zero-order valence-corrected chi connectivity index (χ0v) is 21.4. The number of rotatable bonds is 6. The number of piperazine rings is 1. The minimum Gasteiger partial charge on any atom is -0.496 e. The fraction of sp³-hybridized carbons (Fsp3) is 0.250. The molecular formula is C28H25FN6O4. The number of fused-ring (bicyclic) bond motifs is 1. The largest absolute Gasteiger partial charge is 0.496 e. The molecule has 1 aliphatic rings. The van der Waals surface area contributed by atoms with E-state index in [2.05, 4.69) is 9.88 Å². The van der Waals surface area contributed by atoms with Gasteiger partial charge in [0.2, 0.25) is 0 Å². The van der Waals surface area contributed by atoms with Crippen molar-refractivity contribution < 1.29 is 14.1 Å². The van der Waals surface area contributed by atoms with Crippen molar-refractivity contribution in [3.8, 4) is 11.8 Å². The SMILES string of the molecule is COc1ccccc1C(c1ccc(F)cc1)N1CCN(c2c([N+](=O)[O-])c(=O)n(C)c3ccc(C#N)nc23)CC1. The molecule has 1 unspecified atom stereocenters. The lowest BCUT2D eigenvalue weighted by atomic mass is 9.95. The van der Waals surface area contributed by atoms with Gasteiger partial charge in [-0.05, 0) is 35.9 Å². The summed E-state index contributed by atoms with van der Waals surface area (Å²) in [5, 5.41) is 21.5. The van der Waals surface area contributed by atoms with Crippen LogP contribution in [0.3, 0.4) is 0 Å². The molecule has 0 bridgehead atoms. The second kappa shape index (κ2) is 10.5. The second-order valence-corrected chi connectivity index (χ2v) is 9.21. The van der Waals surface area contributed by atoms with Crippen LogP contribution in [-0.2, 0) is 7.05 Å². The van der Waals surface area contributed by atoms with E-state index in [1.54, 1.807) is 30.2 Å². The number of methoxy groups -OCH3 is 1. The molecule has 3 heterocycles. The molecule has 2 aromatic carbocycles. The van der Waals surface area contributed by atoms with Gasteiger partial charge in [-0.2, -0.15) is 5.26 Å². The van der Waals surface area contributed by atoms with E-state index in [0.717, 1.165) is 11.1 Å². The molecule has 4 aromatic rings. The predicted molar refractivity (Wildman–Crippen MR) is 143 cm³/mol. The fourth-order valence-corrected chi connectivity index (χ4v) is 5.23. The van der Waals surface area contributed by atoms with Crippen LogP contribution in [0.5, 0.6) is 5.75 Å². The van der Waals surface area contributed by atoms with Crippen molar-refractivity contribution in [3.63, 3.8) is 0 Å². The van der Waals surface area contributed by atoms with E-state index in [4.69, 9.17) is 4.74 Å². The smallest absolute Gasteiger partial charge is 0.359 e. The summed E-state index contributed by atoms with van der Waals surface area (Å²) in [6, 6.07) is 18.7. The molecule has 0 saturated carbocycles. The highest BCUT2D eigenvalue weighted by Gasteiger charge is 2.34. The minimum absolute atomic E-state index is 0.0999. The van der Waals surface area contributed by atoms with Gasteiger partial charge >= 0.3 is 11.2 Å². The van der Waals surface area contributed by atoms with Gasteiger partial charge in [-0.1, -0.05) is 30.3 Å². The van der Waals surface area contributed by atoms with Gasteiger partial charge in [0.05, 0.1) is 23.6 Å². The molecule has 0 spiro atoms. The van der Waals surface area contributed by atoms with Crippen LogP contribution in [0.2, 0.25) is 0 Å². The van der Waals surface area contributed by atoms with E-state index >= 15 is 0 Å². The van der Waals surface area contributed by atoms with Gasteiger partial charge < -0.3 is 14.2 Å². The first kappa shape index (κ1) is 25.8. The highest BCUT2D eigenvalue weighted by Crippen LogP contribution is 2.38. The van der Waals surface area contributed by atoms with Gasteiger partial charge in [-0.15, -0.1) is 0 Å². The summed E-state index contributed by atoms with van der Waals surface area (Å²) in [6.45, 7) is 1.67. The summed E-state index contributed by atoms with van der Waals surface area (Å²) in [5.74, 6) is 0.354. The number of ether oxygens (including phenoxy) is 1.